The molecule has 1 aromatic carbocycles. The lowest BCUT2D eigenvalue weighted by Gasteiger charge is -2.16. The van der Waals surface area contributed by atoms with Gasteiger partial charge in [-0.1, -0.05) is 6.92 Å². The van der Waals surface area contributed by atoms with Crippen LogP contribution in [0.1, 0.15) is 25.3 Å². The molecule has 86 valence electrons. The van der Waals surface area contributed by atoms with Gasteiger partial charge in [0.05, 0.1) is 18.2 Å². The van der Waals surface area contributed by atoms with Crippen LogP contribution in [-0.4, -0.2) is 6.04 Å². The Morgan fingerprint density at radius 3 is 2.62 bits per heavy atom. The van der Waals surface area contributed by atoms with E-state index in [1.165, 1.54) is 6.92 Å². The van der Waals surface area contributed by atoms with Crippen molar-refractivity contribution >= 4 is 5.69 Å². The van der Waals surface area contributed by atoms with Gasteiger partial charge in [0.25, 0.3) is 0 Å². The number of aryl methyl sites for hydroxylation is 1. The first-order valence-electron chi connectivity index (χ1n) is 5.17. The maximum Gasteiger partial charge on any atom is 0.146 e. The number of halogens is 2. The maximum atomic E-state index is 13.5. The lowest BCUT2D eigenvalue weighted by molar-refractivity contribution is 0.590. The maximum absolute atomic E-state index is 13.5. The Kier molecular flexibility index (Phi) is 4.24. The average molecular weight is 224 g/mol. The first-order valence-corrected chi connectivity index (χ1v) is 5.17. The van der Waals surface area contributed by atoms with Crippen LogP contribution in [0.25, 0.3) is 0 Å². The number of nitrogens with zero attached hydrogens (tertiary/aromatic N) is 1. The number of rotatable bonds is 4. The van der Waals surface area contributed by atoms with Crippen LogP contribution in [0, 0.1) is 29.9 Å². The van der Waals surface area contributed by atoms with Gasteiger partial charge in [-0.3, -0.25) is 0 Å². The molecule has 0 aromatic heterocycles. The Hall–Kier alpha value is -1.63. The quantitative estimate of drug-likeness (QED) is 0.851. The summed E-state index contributed by atoms with van der Waals surface area (Å²) in [4.78, 5) is 0. The molecule has 0 saturated heterocycles. The van der Waals surface area contributed by atoms with E-state index in [2.05, 4.69) is 5.32 Å². The molecule has 0 aliphatic rings. The molecule has 0 saturated carbocycles. The highest BCUT2D eigenvalue weighted by atomic mass is 19.1. The molecule has 2 nitrogen and oxygen atoms in total. The molecule has 0 fully saturated rings. The lowest BCUT2D eigenvalue weighted by Crippen LogP contribution is -2.18. The second-order valence-electron chi connectivity index (χ2n) is 3.69. The lowest BCUT2D eigenvalue weighted by atomic mass is 10.1. The molecule has 0 aliphatic heterocycles. The van der Waals surface area contributed by atoms with Crippen LogP contribution in [0.4, 0.5) is 14.5 Å². The van der Waals surface area contributed by atoms with Gasteiger partial charge in [-0.2, -0.15) is 5.26 Å². The number of nitriles is 1. The number of nitrogens with one attached hydrogen (secondary N) is 1. The van der Waals surface area contributed by atoms with E-state index in [0.29, 0.717) is 6.42 Å². The molecule has 0 radical (unpaired) electrons. The van der Waals surface area contributed by atoms with E-state index >= 15 is 0 Å². The molecule has 1 N–H and O–H groups in total. The van der Waals surface area contributed by atoms with Gasteiger partial charge < -0.3 is 5.32 Å². The van der Waals surface area contributed by atoms with E-state index in [1.807, 2.05) is 13.0 Å². The van der Waals surface area contributed by atoms with Gasteiger partial charge >= 0.3 is 0 Å². The van der Waals surface area contributed by atoms with E-state index in [1.54, 1.807) is 0 Å². The molecule has 4 heteroatoms. The summed E-state index contributed by atoms with van der Waals surface area (Å²) in [5.41, 5.74) is 0.390. The fourth-order valence-corrected chi connectivity index (χ4v) is 1.38. The smallest absolute Gasteiger partial charge is 0.146 e. The van der Waals surface area contributed by atoms with Gasteiger partial charge in [0.15, 0.2) is 0 Å². The van der Waals surface area contributed by atoms with E-state index < -0.39 is 11.6 Å². The first-order chi connectivity index (χ1) is 7.58. The average Bonchev–Trinajstić information content (AvgIpc) is 2.25. The van der Waals surface area contributed by atoms with Gasteiger partial charge in [0, 0.05) is 12.1 Å². The topological polar surface area (TPSA) is 35.8 Å². The minimum Gasteiger partial charge on any atom is -0.379 e. The Morgan fingerprint density at radius 1 is 1.38 bits per heavy atom. The highest BCUT2D eigenvalue weighted by Gasteiger charge is 2.11. The second-order valence-corrected chi connectivity index (χ2v) is 3.69. The van der Waals surface area contributed by atoms with Gasteiger partial charge in [-0.25, -0.2) is 8.78 Å². The monoisotopic (exact) mass is 224 g/mol. The van der Waals surface area contributed by atoms with Crippen molar-refractivity contribution in [1.29, 1.82) is 5.26 Å². The summed E-state index contributed by atoms with van der Waals surface area (Å²) in [7, 11) is 0. The molecule has 0 spiro atoms. The summed E-state index contributed by atoms with van der Waals surface area (Å²) in [6.07, 6.45) is 0.952. The molecule has 0 heterocycles. The molecule has 1 rings (SSSR count). The summed E-state index contributed by atoms with van der Waals surface area (Å²) >= 11 is 0. The normalized spacial score (nSPS) is 11.9. The van der Waals surface area contributed by atoms with Crippen molar-refractivity contribution in [3.63, 3.8) is 0 Å². The van der Waals surface area contributed by atoms with E-state index in [4.69, 9.17) is 5.26 Å². The van der Waals surface area contributed by atoms with Crippen molar-refractivity contribution in [3.05, 3.63) is 29.3 Å². The Labute approximate surface area is 93.9 Å². The third kappa shape index (κ3) is 2.93. The van der Waals surface area contributed by atoms with E-state index in [0.717, 1.165) is 12.1 Å². The summed E-state index contributed by atoms with van der Waals surface area (Å²) in [5.74, 6) is -0.939. The number of anilines is 1. The SMILES string of the molecule is CCC(CC#N)Nc1cc(F)c(C)cc1F. The molecule has 16 heavy (non-hydrogen) atoms. The van der Waals surface area contributed by atoms with Crippen LogP contribution in [0.2, 0.25) is 0 Å². The van der Waals surface area contributed by atoms with Crippen LogP contribution in [0.5, 0.6) is 0 Å². The molecular formula is C12H14F2N2. The fourth-order valence-electron chi connectivity index (χ4n) is 1.38. The van der Waals surface area contributed by atoms with Crippen molar-refractivity contribution < 1.29 is 8.78 Å². The predicted octanol–water partition coefficient (Wildman–Crippen LogP) is 3.38. The molecule has 1 unspecified atom stereocenters. The van der Waals surface area contributed by atoms with Crippen molar-refractivity contribution in [2.45, 2.75) is 32.7 Å². The van der Waals surface area contributed by atoms with Crippen molar-refractivity contribution in [3.8, 4) is 6.07 Å². The zero-order valence-corrected chi connectivity index (χ0v) is 9.35. The number of hydrogen-bond donors (Lipinski definition) is 1. The van der Waals surface area contributed by atoms with Crippen LogP contribution < -0.4 is 5.32 Å². The number of hydrogen-bond acceptors (Lipinski definition) is 2. The third-order valence-corrected chi connectivity index (χ3v) is 2.44. The van der Waals surface area contributed by atoms with Crippen molar-refractivity contribution in [2.75, 3.05) is 5.32 Å². The highest BCUT2D eigenvalue weighted by molar-refractivity contribution is 5.47. The Balaban J connectivity index is 2.88. The van der Waals surface area contributed by atoms with Gasteiger partial charge in [-0.15, -0.1) is 0 Å². The molecule has 1 aromatic rings. The molecule has 0 amide bonds. The van der Waals surface area contributed by atoms with Crippen LogP contribution in [0.3, 0.4) is 0 Å². The van der Waals surface area contributed by atoms with E-state index in [9.17, 15) is 8.78 Å². The minimum atomic E-state index is -0.490. The molecule has 0 bridgehead atoms. The van der Waals surface area contributed by atoms with Crippen LogP contribution in [0.15, 0.2) is 12.1 Å². The summed E-state index contributed by atoms with van der Waals surface area (Å²) in [6, 6.07) is 4.13. The van der Waals surface area contributed by atoms with Gasteiger partial charge in [-0.05, 0) is 25.0 Å². The van der Waals surface area contributed by atoms with Gasteiger partial charge in [0.2, 0.25) is 0 Å². The zero-order valence-electron chi connectivity index (χ0n) is 9.35. The first kappa shape index (κ1) is 12.4. The summed E-state index contributed by atoms with van der Waals surface area (Å²) in [6.45, 7) is 3.40. The van der Waals surface area contributed by atoms with E-state index in [-0.39, 0.29) is 23.7 Å². The van der Waals surface area contributed by atoms with Gasteiger partial charge in [0.1, 0.15) is 11.6 Å². The highest BCUT2D eigenvalue weighted by Crippen LogP contribution is 2.20. The second kappa shape index (κ2) is 5.45. The summed E-state index contributed by atoms with van der Waals surface area (Å²) in [5, 5.41) is 11.4. The Bertz CT molecular complexity index is 410. The fraction of sp³-hybridized carbons (Fsp3) is 0.417. The largest absolute Gasteiger partial charge is 0.379 e. The number of benzene rings is 1. The Morgan fingerprint density at radius 2 is 2.06 bits per heavy atom. The van der Waals surface area contributed by atoms with Crippen LogP contribution >= 0.6 is 0 Å². The van der Waals surface area contributed by atoms with Crippen molar-refractivity contribution in [2.24, 2.45) is 0 Å². The standard InChI is InChI=1S/C12H14F2N2/c1-3-9(4-5-15)16-12-7-10(13)8(2)6-11(12)14/h6-7,9,16H,3-4H2,1-2H3. The third-order valence-electron chi connectivity index (χ3n) is 2.44. The molecule has 0 aliphatic carbocycles. The van der Waals surface area contributed by atoms with Crippen molar-refractivity contribution in [1.82, 2.24) is 0 Å². The molecule has 1 atom stereocenters. The predicted molar refractivity (Wildman–Crippen MR) is 59.0 cm³/mol. The minimum absolute atomic E-state index is 0.116. The molecular weight excluding hydrogens is 210 g/mol. The summed E-state index contributed by atoms with van der Waals surface area (Å²) < 4.78 is 26.7. The van der Waals surface area contributed by atoms with Crippen LogP contribution in [-0.2, 0) is 0 Å². The zero-order chi connectivity index (χ0) is 12.1.